The van der Waals surface area contributed by atoms with Gasteiger partial charge in [-0.1, -0.05) is 203 Å². The van der Waals surface area contributed by atoms with Crippen molar-refractivity contribution in [2.24, 2.45) is 23.7 Å². The van der Waals surface area contributed by atoms with Crippen LogP contribution < -0.4 is 0 Å². The summed E-state index contributed by atoms with van der Waals surface area (Å²) < 4.78 is 26.3. The zero-order valence-corrected chi connectivity index (χ0v) is 48.1. The van der Waals surface area contributed by atoms with E-state index in [0.29, 0.717) is 19.3 Å². The molecule has 0 spiro atoms. The normalized spacial score (nSPS) is 17.2. The third-order valence-corrected chi connectivity index (χ3v) is 14.4. The molecule has 12 nitrogen and oxygen atoms in total. The average Bonchev–Trinajstić information content (AvgIpc) is 3.95. The lowest BCUT2D eigenvalue weighted by Crippen LogP contribution is -2.30. The molecule has 77 heavy (non-hydrogen) atoms. The Balaban J connectivity index is 1.67. The molecule has 5 atom stereocenters. The Morgan fingerprint density at radius 2 is 0.857 bits per heavy atom. The molecule has 0 amide bonds. The number of hydrogen-bond acceptors (Lipinski definition) is 12. The first-order valence-corrected chi connectivity index (χ1v) is 30.5. The first-order chi connectivity index (χ1) is 37.6. The number of carbonyl (C=O) groups is 7. The number of cyclic esters (lactones) is 4. The monoisotopic (exact) mass is 1070 g/mol. The van der Waals surface area contributed by atoms with Crippen molar-refractivity contribution in [1.29, 1.82) is 0 Å². The third kappa shape index (κ3) is 36.8. The van der Waals surface area contributed by atoms with Gasteiger partial charge in [-0.25, -0.2) is 0 Å². The molecule has 2 heterocycles. The summed E-state index contributed by atoms with van der Waals surface area (Å²) in [4.78, 5) is 85.5. The topological polar surface area (TPSA) is 166 Å². The molecule has 0 N–H and O–H groups in total. The van der Waals surface area contributed by atoms with Crippen molar-refractivity contribution in [3.05, 3.63) is 72.9 Å². The van der Waals surface area contributed by atoms with Crippen LogP contribution in [0, 0.1) is 23.7 Å². The third-order valence-electron chi connectivity index (χ3n) is 14.4. The van der Waals surface area contributed by atoms with Crippen molar-refractivity contribution < 1.29 is 57.2 Å². The molecule has 0 aliphatic carbocycles. The molecular weight excluding hydrogens is 973 g/mol. The van der Waals surface area contributed by atoms with Crippen LogP contribution in [0.15, 0.2) is 72.9 Å². The van der Waals surface area contributed by atoms with Gasteiger partial charge in [-0.05, 0) is 102 Å². The van der Waals surface area contributed by atoms with E-state index in [9.17, 15) is 33.6 Å². The van der Waals surface area contributed by atoms with Crippen molar-refractivity contribution in [3.63, 3.8) is 0 Å². The molecule has 0 radical (unpaired) electrons. The summed E-state index contributed by atoms with van der Waals surface area (Å²) in [7, 11) is 0. The Morgan fingerprint density at radius 3 is 1.34 bits per heavy atom. The quantitative estimate of drug-likeness (QED) is 0.0142. The fourth-order valence-corrected chi connectivity index (χ4v) is 9.63. The minimum Gasteiger partial charge on any atom is -0.462 e. The highest BCUT2D eigenvalue weighted by Crippen LogP contribution is 2.30. The van der Waals surface area contributed by atoms with Crippen molar-refractivity contribution >= 4 is 41.8 Å². The predicted molar refractivity (Wildman–Crippen MR) is 306 cm³/mol. The largest absolute Gasteiger partial charge is 0.462 e. The van der Waals surface area contributed by atoms with Crippen LogP contribution in [0.4, 0.5) is 0 Å². The van der Waals surface area contributed by atoms with Gasteiger partial charge in [0.2, 0.25) is 0 Å². The molecule has 0 bridgehead atoms. The molecule has 2 saturated heterocycles. The van der Waals surface area contributed by atoms with E-state index in [-0.39, 0.29) is 86.9 Å². The molecular formula is C65H102O12. The summed E-state index contributed by atoms with van der Waals surface area (Å²) in [6.45, 7) is 6.09. The van der Waals surface area contributed by atoms with Gasteiger partial charge in [0.25, 0.3) is 0 Å². The Hall–Kier alpha value is -4.87. The average molecular weight is 1080 g/mol. The first kappa shape index (κ1) is 68.2. The first-order valence-electron chi connectivity index (χ1n) is 30.5. The Labute approximate surface area is 465 Å². The zero-order valence-electron chi connectivity index (χ0n) is 48.1. The van der Waals surface area contributed by atoms with Gasteiger partial charge in [0, 0.05) is 19.3 Å². The molecule has 2 aliphatic rings. The predicted octanol–water partition coefficient (Wildman–Crippen LogP) is 16.1. The molecule has 0 aromatic rings. The maximum absolute atomic E-state index is 12.9. The van der Waals surface area contributed by atoms with Gasteiger partial charge in [0.1, 0.15) is 13.2 Å². The Morgan fingerprint density at radius 1 is 0.455 bits per heavy atom. The fourth-order valence-electron chi connectivity index (χ4n) is 9.63. The fraction of sp³-hybridized carbons (Fsp3) is 0.708. The van der Waals surface area contributed by atoms with Crippen LogP contribution in [0.3, 0.4) is 0 Å². The van der Waals surface area contributed by atoms with Crippen molar-refractivity contribution in [1.82, 2.24) is 0 Å². The number of allylic oxidation sites excluding steroid dienone is 12. The SMILES string of the molecule is CCCCCCCCC/C=C/CCCCCCC(=O)OC(COC(=O)CCCCCCC/C=C\C=C\C(CCCCC)C1CC(=O)OC1=O)COC(=O)CCCCCCC/C=C\C/C=C\C=C\C(CC)C1CC(=O)OC1=O. The van der Waals surface area contributed by atoms with Crippen LogP contribution in [0.25, 0.3) is 0 Å². The van der Waals surface area contributed by atoms with E-state index in [1.165, 1.54) is 44.9 Å². The van der Waals surface area contributed by atoms with E-state index in [2.05, 4.69) is 50.3 Å². The standard InChI is InChI=1S/C65H102O12/c1-4-7-9-10-11-12-13-14-15-16-21-26-32-37-43-49-61(68)75-56(52-73-59(66)47-41-35-30-25-20-18-17-19-23-28-33-39-44-54(6-3)57-50-62(69)76-64(57)71)53-74-60(67)48-42-36-31-27-22-24-29-34-40-46-55(45-38-8-5-2)58-51-63(70)77-65(58)72/h15-17,19,28-29,33-34,39-40,44,46,54-58H,4-14,18,20-27,30-32,35-38,41-43,45,47-53H2,1-3H3/b16-15+,19-17-,33-28-,34-29-,44-39+,46-40+. The van der Waals surface area contributed by atoms with Crippen LogP contribution in [0.1, 0.15) is 252 Å². The minimum atomic E-state index is -0.860. The summed E-state index contributed by atoms with van der Waals surface area (Å²) in [5, 5.41) is 0. The second-order valence-corrected chi connectivity index (χ2v) is 21.2. The lowest BCUT2D eigenvalue weighted by atomic mass is 9.86. The lowest BCUT2D eigenvalue weighted by Gasteiger charge is -2.18. The van der Waals surface area contributed by atoms with Crippen molar-refractivity contribution in [2.45, 2.75) is 258 Å². The van der Waals surface area contributed by atoms with Gasteiger partial charge in [0.15, 0.2) is 6.10 Å². The summed E-state index contributed by atoms with van der Waals surface area (Å²) >= 11 is 0. The van der Waals surface area contributed by atoms with Gasteiger partial charge >= 0.3 is 41.8 Å². The zero-order chi connectivity index (χ0) is 55.8. The van der Waals surface area contributed by atoms with E-state index in [1.54, 1.807) is 0 Å². The van der Waals surface area contributed by atoms with Gasteiger partial charge in [-0.2, -0.15) is 0 Å². The van der Waals surface area contributed by atoms with Crippen LogP contribution >= 0.6 is 0 Å². The van der Waals surface area contributed by atoms with E-state index in [4.69, 9.17) is 23.7 Å². The summed E-state index contributed by atoms with van der Waals surface area (Å²) in [5.41, 5.74) is 0. The van der Waals surface area contributed by atoms with Crippen LogP contribution in [0.2, 0.25) is 0 Å². The van der Waals surface area contributed by atoms with E-state index in [1.807, 2.05) is 43.4 Å². The summed E-state index contributed by atoms with van der Waals surface area (Å²) in [6, 6.07) is 0. The molecule has 0 aromatic heterocycles. The molecule has 12 heteroatoms. The van der Waals surface area contributed by atoms with E-state index < -0.39 is 30.0 Å². The van der Waals surface area contributed by atoms with Gasteiger partial charge < -0.3 is 23.7 Å². The number of hydrogen-bond donors (Lipinski definition) is 0. The lowest BCUT2D eigenvalue weighted by molar-refractivity contribution is -0.167. The molecule has 2 aliphatic heterocycles. The molecule has 2 fully saturated rings. The second-order valence-electron chi connectivity index (χ2n) is 21.2. The molecule has 2 rings (SSSR count). The highest BCUT2D eigenvalue weighted by molar-refractivity contribution is 5.95. The van der Waals surface area contributed by atoms with E-state index >= 15 is 0 Å². The second kappa shape index (κ2) is 47.2. The smallest absolute Gasteiger partial charge is 0.317 e. The Kier molecular flexibility index (Phi) is 41.8. The van der Waals surface area contributed by atoms with E-state index in [0.717, 1.165) is 135 Å². The Bertz CT molecular complexity index is 1820. The summed E-state index contributed by atoms with van der Waals surface area (Å²) in [6.07, 6.45) is 57.5. The number of esters is 7. The minimum absolute atomic E-state index is 0.00558. The molecule has 0 saturated carbocycles. The number of ether oxygens (including phenoxy) is 5. The van der Waals surface area contributed by atoms with Gasteiger partial charge in [0.05, 0.1) is 24.7 Å². The number of carbonyl (C=O) groups excluding carboxylic acids is 7. The molecule has 5 unspecified atom stereocenters. The van der Waals surface area contributed by atoms with Gasteiger partial charge in [-0.15, -0.1) is 0 Å². The highest BCUT2D eigenvalue weighted by Gasteiger charge is 2.38. The number of rotatable bonds is 49. The molecule has 0 aromatic carbocycles. The van der Waals surface area contributed by atoms with Crippen LogP contribution in [-0.2, 0) is 57.2 Å². The van der Waals surface area contributed by atoms with Crippen molar-refractivity contribution in [3.8, 4) is 0 Å². The maximum atomic E-state index is 12.9. The van der Waals surface area contributed by atoms with Crippen LogP contribution in [0.5, 0.6) is 0 Å². The van der Waals surface area contributed by atoms with Crippen molar-refractivity contribution in [2.75, 3.05) is 13.2 Å². The highest BCUT2D eigenvalue weighted by atomic mass is 16.6. The summed E-state index contributed by atoms with van der Waals surface area (Å²) in [5.74, 6) is -3.55. The maximum Gasteiger partial charge on any atom is 0.317 e. The van der Waals surface area contributed by atoms with Gasteiger partial charge in [-0.3, -0.25) is 33.6 Å². The number of unbranched alkanes of at least 4 members (excludes halogenated alkanes) is 23. The molecule has 434 valence electrons. The van der Waals surface area contributed by atoms with Crippen LogP contribution in [-0.4, -0.2) is 61.1 Å².